The van der Waals surface area contributed by atoms with Gasteiger partial charge >= 0.3 is 236 Å². The molecule has 40 atom stereocenters. The van der Waals surface area contributed by atoms with Crippen molar-refractivity contribution >= 4 is 142 Å². The first kappa shape index (κ1) is 139. The van der Waals surface area contributed by atoms with Gasteiger partial charge in [-0.2, -0.15) is 94.1 Å². The van der Waals surface area contributed by atoms with Crippen LogP contribution in [-0.4, -0.2) is 467 Å². The number of aliphatic hydroxyl groups excluding tert-OH is 16. The topological polar surface area (TPSA) is 792 Å². The Morgan fingerprint density at radius 3 is 0.331 bits per heavy atom. The predicted molar refractivity (Wildman–Crippen MR) is 420 cm³/mol. The van der Waals surface area contributed by atoms with Crippen LogP contribution >= 0.6 is 94.1 Å². The molecule has 30 fully saturated rings. The molecule has 16 N–H and O–H groups in total. The second-order valence-corrected chi connectivity index (χ2v) is 39.8. The molecule has 136 heavy (non-hydrogen) atoms. The van der Waals surface area contributed by atoms with E-state index in [1.807, 2.05) is 0 Å². The summed E-state index contributed by atoms with van der Waals surface area (Å²) in [6.07, 6.45) is -88.6. The van der Waals surface area contributed by atoms with E-state index in [-0.39, 0.29) is 282 Å². The standard InChI is InChI=1S/C72H112O48S8.8Na/c73-33(74)1-9-121-17-25-57-41(89)49(97)65(105-25)114-58-26(18-122-10-2-34(75)76)107-67(51(99)43(58)91)116-60-28(20-124-12-4-36(79)80)109-69(53(101)45(60)93)118-62-30(22-126-14-6-38(83)84)111-71(55(103)47(62)95)120-64-32(24-128-16-8-40(87)88)112-72(56(104)48(64)96)119-63-31(23-127-15-7-39(85)86)110-70(54(102)46(63)94)117-61-29(21-125-13-5-37(81)82)108-68(52(100)44(61)92)115-59-27(19-123-11-3-35(77)78)106-66(113-57)50(98)42(59)90;;;;;;;;/h25-32,41-72,89-104H,1-24H2,(H,73,74)(H,75,76)(H,77,78)(H,79,80)(H,81,82)(H,83,84)(H,85,86)(H,87,88);;;;;;;;/q;8*+1/p-8/t25-,26-,27-,28-,29-,30-,31-,32-,41-,42-,43-,44-,45-,46-,47-,48-,49-,50-,51-,52-,53-,54-,55-,56-,57-,58-,59-,60-,61-,62-,63-,64-,65-,66-,67-,68-,69-,70-,71-,72-;;;;;;;;/m1......../s1. The van der Waals surface area contributed by atoms with Crippen molar-refractivity contribution in [1.29, 1.82) is 0 Å². The van der Waals surface area contributed by atoms with Crippen LogP contribution in [0.2, 0.25) is 0 Å². The number of carboxylic acids is 8. The maximum atomic E-state index is 12.2. The maximum Gasteiger partial charge on any atom is 1.00 e. The Morgan fingerprint density at radius 1 is 0.162 bits per heavy atom. The molecular weight excluding hydrogens is 2070 g/mol. The van der Waals surface area contributed by atoms with Crippen molar-refractivity contribution in [3.05, 3.63) is 0 Å². The Bertz CT molecular complexity index is 2870. The summed E-state index contributed by atoms with van der Waals surface area (Å²) in [5.74, 6) is -17.6. The number of aliphatic hydroxyl groups is 16. The van der Waals surface area contributed by atoms with E-state index in [0.29, 0.717) is 0 Å². The molecule has 0 spiro atoms. The van der Waals surface area contributed by atoms with Crippen molar-refractivity contribution in [3.63, 3.8) is 0 Å². The molecule has 30 heterocycles. The zero-order chi connectivity index (χ0) is 93.7. The van der Waals surface area contributed by atoms with Crippen LogP contribution in [0.3, 0.4) is 0 Å². The van der Waals surface area contributed by atoms with Gasteiger partial charge in [-0.25, -0.2) is 0 Å². The van der Waals surface area contributed by atoms with Crippen molar-refractivity contribution in [3.8, 4) is 0 Å². The second-order valence-electron chi connectivity index (χ2n) is 30.6. The number of carbonyl (C=O) groups is 8. The van der Waals surface area contributed by atoms with Gasteiger partial charge in [0.15, 0.2) is 50.3 Å². The van der Waals surface area contributed by atoms with Crippen LogP contribution in [0.25, 0.3) is 0 Å². The minimum Gasteiger partial charge on any atom is -0.550 e. The molecule has 0 aromatic rings. The molecule has 0 unspecified atom stereocenters. The summed E-state index contributed by atoms with van der Waals surface area (Å²) in [5.41, 5.74) is 0. The Balaban J connectivity index is 0.0000116. The molecule has 0 aromatic carbocycles. The van der Waals surface area contributed by atoms with Crippen molar-refractivity contribution in [2.45, 2.75) is 297 Å². The van der Waals surface area contributed by atoms with E-state index in [1.54, 1.807) is 0 Å². The fourth-order valence-corrected chi connectivity index (χ4v) is 22.5. The monoisotopic (exact) mass is 2180 g/mol. The van der Waals surface area contributed by atoms with Crippen LogP contribution in [-0.2, 0) is 114 Å². The van der Waals surface area contributed by atoms with Gasteiger partial charge in [0.25, 0.3) is 0 Å². The molecule has 0 saturated carbocycles. The average Bonchev–Trinajstić information content (AvgIpc) is 0.802. The van der Waals surface area contributed by atoms with E-state index < -0.39 is 391 Å². The van der Waals surface area contributed by atoms with E-state index >= 15 is 0 Å². The fourth-order valence-electron chi connectivity index (χ4n) is 14.6. The molecule has 64 heteroatoms. The van der Waals surface area contributed by atoms with E-state index in [0.717, 1.165) is 94.1 Å². The minimum atomic E-state index is -2.36. The van der Waals surface area contributed by atoms with Gasteiger partial charge in [0.2, 0.25) is 0 Å². The van der Waals surface area contributed by atoms with Crippen LogP contribution in [0, 0.1) is 0 Å². The summed E-state index contributed by atoms with van der Waals surface area (Å²) in [7, 11) is 0. The predicted octanol–water partition coefficient (Wildman–Crippen LogP) is -42.3. The van der Waals surface area contributed by atoms with Gasteiger partial charge in [0, 0.05) is 93.8 Å². The van der Waals surface area contributed by atoms with Crippen molar-refractivity contribution < 1.29 is 473 Å². The molecule has 30 saturated heterocycles. The van der Waals surface area contributed by atoms with E-state index in [4.69, 9.17) is 75.8 Å². The van der Waals surface area contributed by atoms with Gasteiger partial charge in [0.1, 0.15) is 146 Å². The molecule has 30 rings (SSSR count). The Kier molecular flexibility index (Phi) is 71.6. The molecule has 48 nitrogen and oxygen atoms in total. The molecule has 0 amide bonds. The fraction of sp³-hybridized carbons (Fsp3) is 0.889. The summed E-state index contributed by atoms with van der Waals surface area (Å²) in [6.45, 7) is 0. The summed E-state index contributed by atoms with van der Waals surface area (Å²) < 4.78 is 99.6. The normalized spacial score (nSPS) is 39.1. The Morgan fingerprint density at radius 2 is 0.250 bits per heavy atom. The van der Waals surface area contributed by atoms with Gasteiger partial charge in [-0.3, -0.25) is 0 Å². The minimum absolute atomic E-state index is 0. The number of aliphatic carboxylic acids is 8. The molecule has 0 radical (unpaired) electrons. The first-order valence-electron chi connectivity index (χ1n) is 40.3. The first-order chi connectivity index (χ1) is 60.7. The third-order valence-corrected chi connectivity index (χ3v) is 29.8. The van der Waals surface area contributed by atoms with Gasteiger partial charge in [-0.05, 0) is 97.4 Å². The quantitative estimate of drug-likeness (QED) is 0.0200. The molecule has 0 aromatic heterocycles. The van der Waals surface area contributed by atoms with Crippen molar-refractivity contribution in [2.24, 2.45) is 0 Å². The van der Waals surface area contributed by atoms with E-state index in [9.17, 15) is 161 Å². The van der Waals surface area contributed by atoms with Crippen molar-refractivity contribution in [1.82, 2.24) is 0 Å². The van der Waals surface area contributed by atoms with Crippen molar-refractivity contribution in [2.75, 3.05) is 92.0 Å². The number of ether oxygens (including phenoxy) is 16. The number of thioether (sulfide) groups is 8. The van der Waals surface area contributed by atoms with Crippen LogP contribution in [0.1, 0.15) is 51.4 Å². The number of rotatable bonds is 40. The van der Waals surface area contributed by atoms with E-state index in [2.05, 4.69) is 0 Å². The Labute approximate surface area is 990 Å². The number of hydrogen-bond acceptors (Lipinski definition) is 56. The first-order valence-corrected chi connectivity index (χ1v) is 49.6. The summed E-state index contributed by atoms with van der Waals surface area (Å²) >= 11 is 6.55. The van der Waals surface area contributed by atoms with Gasteiger partial charge in [-0.1, -0.05) is 0 Å². The summed E-state index contributed by atoms with van der Waals surface area (Å²) in [6, 6.07) is 0. The van der Waals surface area contributed by atoms with E-state index in [1.165, 1.54) is 0 Å². The SMILES string of the molecule is O=C([O-])CCSC[C@H]1O[C@@H]2O[C@H]3[C@H](O)[C@@H](O)[C@@H](O[C@H]4[C@H](O)[C@@H](O)[C@@H](O[C@H]5[C@H](O)[C@@H](O)[C@@H](O[C@H]6[C@H](O)[C@@H](O)[C@@H](O[C@H]7[C@H](O)[C@@H](O)[C@@H](O[C@H]8[C@H](O)[C@@H](O)[C@@H](O[C@H]9[C@H](O)[C@@H](O)[C@@H](O[C@H]1[C@H](O)[C@H]2O)O[C@@H]9CSCCC(=O)[O-])O[C@@H]8CSCCC(=O)[O-])O[C@@H]7CSCCC(=O)[O-])O[C@@H]6CSCCC(=O)[O-])O[C@@H]5CSCCC(=O)[O-])O[C@@H]4CSCCC(=O)[O-])O[C@@H]3CSCCC(=O)[O-].[Na+].[Na+].[Na+].[Na+].[Na+].[Na+].[Na+].[Na+]. The molecule has 30 aliphatic heterocycles. The molecule has 30 aliphatic rings. The van der Waals surface area contributed by atoms with Crippen LogP contribution in [0.15, 0.2) is 0 Å². The molecule has 736 valence electrons. The average molecular weight is 2180 g/mol. The van der Waals surface area contributed by atoms with Gasteiger partial charge in [-0.15, -0.1) is 0 Å². The maximum absolute atomic E-state index is 12.2. The van der Waals surface area contributed by atoms with Gasteiger partial charge < -0.3 is 237 Å². The molecular formula is C72H104Na8O48S8. The zero-order valence-corrected chi connectivity index (χ0v) is 98.1. The third-order valence-electron chi connectivity index (χ3n) is 21.3. The van der Waals surface area contributed by atoms with Crippen LogP contribution < -0.4 is 277 Å². The number of carbonyl (C=O) groups excluding carboxylic acids is 8. The largest absolute Gasteiger partial charge is 1.00 e. The second kappa shape index (κ2) is 69.9. The smallest absolute Gasteiger partial charge is 0.550 e. The molecule has 0 aliphatic carbocycles. The zero-order valence-electron chi connectivity index (χ0n) is 75.5. The Hall–Kier alpha value is 5.28. The van der Waals surface area contributed by atoms with Gasteiger partial charge in [0.05, 0.1) is 48.8 Å². The molecule has 16 bridgehead atoms. The van der Waals surface area contributed by atoms with Crippen LogP contribution in [0.5, 0.6) is 0 Å². The third kappa shape index (κ3) is 41.5. The summed E-state index contributed by atoms with van der Waals surface area (Å²) in [5, 5.41) is 288. The summed E-state index contributed by atoms with van der Waals surface area (Å²) in [4.78, 5) is 93.3. The number of carboxylic acid groups (broad SMARTS) is 8. The van der Waals surface area contributed by atoms with Crippen LogP contribution in [0.4, 0.5) is 0 Å². The number of hydrogen-bond donors (Lipinski definition) is 16.